The number of thioether (sulfide) groups is 1. The van der Waals surface area contributed by atoms with Crippen LogP contribution in [0.15, 0.2) is 23.2 Å². The molecule has 3 rings (SSSR count). The second kappa shape index (κ2) is 8.12. The van der Waals surface area contributed by atoms with E-state index in [1.165, 1.54) is 11.8 Å². The maximum atomic E-state index is 12.8. The molecule has 0 amide bonds. The van der Waals surface area contributed by atoms with Gasteiger partial charge in [0.2, 0.25) is 0 Å². The van der Waals surface area contributed by atoms with E-state index in [2.05, 4.69) is 19.9 Å². The minimum absolute atomic E-state index is 0.0102. The number of aromatic nitrogens is 1. The molecule has 2 aromatic rings. The summed E-state index contributed by atoms with van der Waals surface area (Å²) >= 11 is 1.29. The van der Waals surface area contributed by atoms with Crippen molar-refractivity contribution in [2.75, 3.05) is 5.75 Å². The predicted octanol–water partition coefficient (Wildman–Crippen LogP) is 5.26. The van der Waals surface area contributed by atoms with Crippen LogP contribution >= 0.6 is 11.8 Å². The zero-order chi connectivity index (χ0) is 21.3. The summed E-state index contributed by atoms with van der Waals surface area (Å²) in [7, 11) is 0. The molecule has 0 saturated carbocycles. The Morgan fingerprint density at radius 3 is 2.59 bits per heavy atom. The molecule has 1 aromatic carbocycles. The van der Waals surface area contributed by atoms with E-state index in [1.54, 1.807) is 0 Å². The number of nitrogens with zero attached hydrogens (tertiary/aromatic N) is 2. The molecule has 0 unspecified atom stereocenters. The fourth-order valence-electron chi connectivity index (χ4n) is 3.86. The molecule has 0 aliphatic heterocycles. The van der Waals surface area contributed by atoms with E-state index < -0.39 is 0 Å². The fraction of sp³-hybridized carbons (Fsp3) is 0.417. The van der Waals surface area contributed by atoms with Gasteiger partial charge in [-0.1, -0.05) is 44.7 Å². The molecule has 0 radical (unpaired) electrons. The molecule has 0 saturated heterocycles. The first-order valence-corrected chi connectivity index (χ1v) is 10.9. The third-order valence-corrected chi connectivity index (χ3v) is 6.52. The van der Waals surface area contributed by atoms with Gasteiger partial charge in [-0.25, -0.2) is 4.98 Å². The standard InChI is InChI=1S/C24H26N2O2S/c1-6-17-18(12-25)23(26-19-10-24(4,5)11-20(27)22(17)19)29-13-21(28)16-8-7-14(2)15(3)9-16/h7-9H,6,10-11,13H2,1-5H3. The van der Waals surface area contributed by atoms with E-state index in [0.29, 0.717) is 41.0 Å². The van der Waals surface area contributed by atoms with Crippen molar-refractivity contribution in [1.82, 2.24) is 4.98 Å². The zero-order valence-electron chi connectivity index (χ0n) is 17.7. The van der Waals surface area contributed by atoms with Crippen LogP contribution in [-0.2, 0) is 12.8 Å². The number of pyridine rings is 1. The molecule has 0 N–H and O–H groups in total. The molecule has 5 heteroatoms. The first kappa shape index (κ1) is 21.3. The van der Waals surface area contributed by atoms with Crippen LogP contribution in [0, 0.1) is 30.6 Å². The average molecular weight is 407 g/mol. The van der Waals surface area contributed by atoms with Crippen molar-refractivity contribution in [2.24, 2.45) is 5.41 Å². The van der Waals surface area contributed by atoms with Gasteiger partial charge in [-0.3, -0.25) is 9.59 Å². The van der Waals surface area contributed by atoms with Crippen LogP contribution < -0.4 is 0 Å². The summed E-state index contributed by atoms with van der Waals surface area (Å²) < 4.78 is 0. The second-order valence-corrected chi connectivity index (χ2v) is 9.47. The smallest absolute Gasteiger partial charge is 0.173 e. The molecule has 1 aliphatic carbocycles. The Morgan fingerprint density at radius 1 is 1.24 bits per heavy atom. The molecule has 150 valence electrons. The maximum Gasteiger partial charge on any atom is 0.173 e. The Morgan fingerprint density at radius 2 is 1.97 bits per heavy atom. The Hall–Kier alpha value is -2.45. The first-order valence-electron chi connectivity index (χ1n) is 9.89. The van der Waals surface area contributed by atoms with Crippen LogP contribution in [0.3, 0.4) is 0 Å². The van der Waals surface area contributed by atoms with E-state index in [0.717, 1.165) is 22.4 Å². The van der Waals surface area contributed by atoms with Crippen molar-refractivity contribution >= 4 is 23.3 Å². The highest BCUT2D eigenvalue weighted by atomic mass is 32.2. The molecule has 1 heterocycles. The normalized spacial score (nSPS) is 15.0. The Kier molecular flexibility index (Phi) is 5.95. The molecule has 29 heavy (non-hydrogen) atoms. The summed E-state index contributed by atoms with van der Waals surface area (Å²) in [6.45, 7) is 10.1. The van der Waals surface area contributed by atoms with Gasteiger partial charge in [0.1, 0.15) is 11.1 Å². The number of hydrogen-bond donors (Lipinski definition) is 0. The summed E-state index contributed by atoms with van der Waals surface area (Å²) in [5.41, 5.74) is 5.38. The molecular weight excluding hydrogens is 380 g/mol. The minimum atomic E-state index is -0.145. The van der Waals surface area contributed by atoms with Gasteiger partial charge in [0.25, 0.3) is 0 Å². The van der Waals surface area contributed by atoms with Gasteiger partial charge in [0, 0.05) is 17.5 Å². The summed E-state index contributed by atoms with van der Waals surface area (Å²) in [4.78, 5) is 30.2. The SMILES string of the molecule is CCc1c(C#N)c(SCC(=O)c2ccc(C)c(C)c2)nc2c1C(=O)CC(C)(C)C2. The second-order valence-electron chi connectivity index (χ2n) is 8.51. The number of carbonyl (C=O) groups is 2. The lowest BCUT2D eigenvalue weighted by molar-refractivity contribution is 0.0907. The zero-order valence-corrected chi connectivity index (χ0v) is 18.5. The van der Waals surface area contributed by atoms with Crippen molar-refractivity contribution in [1.29, 1.82) is 5.26 Å². The number of nitriles is 1. The number of aryl methyl sites for hydroxylation is 2. The number of carbonyl (C=O) groups excluding carboxylic acids is 2. The number of benzene rings is 1. The third-order valence-electron chi connectivity index (χ3n) is 5.54. The summed E-state index contributed by atoms with van der Waals surface area (Å²) in [5, 5.41) is 10.3. The molecule has 0 bridgehead atoms. The van der Waals surface area contributed by atoms with Gasteiger partial charge in [-0.2, -0.15) is 5.26 Å². The van der Waals surface area contributed by atoms with Crippen molar-refractivity contribution in [3.05, 3.63) is 57.3 Å². The van der Waals surface area contributed by atoms with Crippen molar-refractivity contribution in [2.45, 2.75) is 58.9 Å². The van der Waals surface area contributed by atoms with E-state index >= 15 is 0 Å². The topological polar surface area (TPSA) is 70.8 Å². The lowest BCUT2D eigenvalue weighted by atomic mass is 9.74. The predicted molar refractivity (Wildman–Crippen MR) is 116 cm³/mol. The minimum Gasteiger partial charge on any atom is -0.294 e. The largest absolute Gasteiger partial charge is 0.294 e. The van der Waals surface area contributed by atoms with Crippen LogP contribution in [0.5, 0.6) is 0 Å². The third kappa shape index (κ3) is 4.28. The van der Waals surface area contributed by atoms with Crippen molar-refractivity contribution in [3.63, 3.8) is 0 Å². The Labute approximate surface area is 176 Å². The number of ketones is 2. The number of hydrogen-bond acceptors (Lipinski definition) is 5. The molecular formula is C24H26N2O2S. The quantitative estimate of drug-likeness (QED) is 0.500. The van der Waals surface area contributed by atoms with Gasteiger partial charge in [-0.05, 0) is 54.9 Å². The fourth-order valence-corrected chi connectivity index (χ4v) is 4.79. The van der Waals surface area contributed by atoms with E-state index in [-0.39, 0.29) is 22.7 Å². The van der Waals surface area contributed by atoms with Crippen LogP contribution in [-0.4, -0.2) is 22.3 Å². The molecule has 0 fully saturated rings. The van der Waals surface area contributed by atoms with E-state index in [1.807, 2.05) is 39.0 Å². The first-order chi connectivity index (χ1) is 13.7. The summed E-state index contributed by atoms with van der Waals surface area (Å²) in [5.74, 6) is 0.291. The maximum absolute atomic E-state index is 12.8. The van der Waals surface area contributed by atoms with Gasteiger partial charge in [0.05, 0.1) is 17.0 Å². The Balaban J connectivity index is 1.95. The average Bonchev–Trinajstić information content (AvgIpc) is 2.65. The molecule has 4 nitrogen and oxygen atoms in total. The Bertz CT molecular complexity index is 1050. The van der Waals surface area contributed by atoms with Crippen molar-refractivity contribution in [3.8, 4) is 6.07 Å². The van der Waals surface area contributed by atoms with E-state index in [9.17, 15) is 14.9 Å². The monoisotopic (exact) mass is 406 g/mol. The van der Waals surface area contributed by atoms with Crippen LogP contribution in [0.2, 0.25) is 0 Å². The van der Waals surface area contributed by atoms with E-state index in [4.69, 9.17) is 4.98 Å². The molecule has 0 spiro atoms. The molecule has 1 aromatic heterocycles. The van der Waals surface area contributed by atoms with Gasteiger partial charge in [-0.15, -0.1) is 0 Å². The van der Waals surface area contributed by atoms with Gasteiger partial charge >= 0.3 is 0 Å². The highest BCUT2D eigenvalue weighted by Crippen LogP contribution is 2.38. The summed E-state index contributed by atoms with van der Waals surface area (Å²) in [6.07, 6.45) is 1.77. The molecule has 1 aliphatic rings. The highest BCUT2D eigenvalue weighted by Gasteiger charge is 2.35. The number of fused-ring (bicyclic) bond motifs is 1. The molecule has 0 atom stereocenters. The van der Waals surface area contributed by atoms with Crippen molar-refractivity contribution < 1.29 is 9.59 Å². The lowest BCUT2D eigenvalue weighted by Gasteiger charge is -2.31. The summed E-state index contributed by atoms with van der Waals surface area (Å²) in [6, 6.07) is 7.94. The van der Waals surface area contributed by atoms with Crippen LogP contribution in [0.25, 0.3) is 0 Å². The van der Waals surface area contributed by atoms with Crippen LogP contribution in [0.4, 0.5) is 0 Å². The highest BCUT2D eigenvalue weighted by molar-refractivity contribution is 8.00. The van der Waals surface area contributed by atoms with Crippen LogP contribution in [0.1, 0.15) is 75.9 Å². The number of Topliss-reactive ketones (excluding diaryl/α,β-unsaturated/α-hetero) is 2. The lowest BCUT2D eigenvalue weighted by Crippen LogP contribution is -2.29. The number of rotatable bonds is 5. The van der Waals surface area contributed by atoms with Gasteiger partial charge in [0.15, 0.2) is 11.6 Å². The van der Waals surface area contributed by atoms with Gasteiger partial charge < -0.3 is 0 Å².